The standard InChI is InChI=1S/C23H26N8O2S/c1-15-13-24-22(26-17-10-8-16(9-11-17)21-28-30-31-29-21)27-20(15)25-18-6-5-7-19(12-18)34(32,33)14-23(2,3)4/h5-13H,14H2,1-4H3,(H2,24,25,26,27)(H,28,29,30,31). The smallest absolute Gasteiger partial charge is 0.229 e. The van der Waals surface area contributed by atoms with Crippen LogP contribution in [-0.4, -0.2) is 44.8 Å². The summed E-state index contributed by atoms with van der Waals surface area (Å²) in [6.45, 7) is 7.60. The summed E-state index contributed by atoms with van der Waals surface area (Å²) in [5.74, 6) is 1.55. The molecule has 0 aliphatic rings. The quantitative estimate of drug-likeness (QED) is 0.355. The number of benzene rings is 2. The van der Waals surface area contributed by atoms with Gasteiger partial charge in [0.1, 0.15) is 5.82 Å². The third kappa shape index (κ3) is 5.73. The molecule has 0 amide bonds. The molecule has 0 fully saturated rings. The molecule has 2 aromatic carbocycles. The van der Waals surface area contributed by atoms with Crippen molar-refractivity contribution in [2.45, 2.75) is 32.6 Å². The number of hydrogen-bond acceptors (Lipinski definition) is 9. The van der Waals surface area contributed by atoms with Crippen LogP contribution in [0.3, 0.4) is 0 Å². The van der Waals surface area contributed by atoms with E-state index < -0.39 is 9.84 Å². The Morgan fingerprint density at radius 2 is 1.76 bits per heavy atom. The predicted octanol–water partition coefficient (Wildman–Crippen LogP) is 4.27. The molecule has 34 heavy (non-hydrogen) atoms. The number of sulfone groups is 1. The van der Waals surface area contributed by atoms with Gasteiger partial charge in [-0.25, -0.2) is 13.4 Å². The van der Waals surface area contributed by atoms with Crippen LogP contribution in [0.25, 0.3) is 11.4 Å². The van der Waals surface area contributed by atoms with Gasteiger partial charge in [0, 0.05) is 28.7 Å². The molecule has 3 N–H and O–H groups in total. The lowest BCUT2D eigenvalue weighted by Gasteiger charge is -2.18. The topological polar surface area (TPSA) is 138 Å². The number of anilines is 4. The van der Waals surface area contributed by atoms with Crippen LogP contribution in [0.15, 0.2) is 59.6 Å². The molecular formula is C23H26N8O2S. The number of aromatic nitrogens is 6. The molecule has 4 aromatic rings. The minimum absolute atomic E-state index is 0.0650. The van der Waals surface area contributed by atoms with Crippen molar-refractivity contribution in [3.05, 3.63) is 60.3 Å². The third-order valence-corrected chi connectivity index (χ3v) is 7.01. The van der Waals surface area contributed by atoms with Crippen LogP contribution < -0.4 is 10.6 Å². The fraction of sp³-hybridized carbons (Fsp3) is 0.261. The third-order valence-electron chi connectivity index (χ3n) is 4.80. The molecule has 0 radical (unpaired) electrons. The summed E-state index contributed by atoms with van der Waals surface area (Å²) < 4.78 is 25.6. The fourth-order valence-corrected chi connectivity index (χ4v) is 5.20. The van der Waals surface area contributed by atoms with E-state index in [0.717, 1.165) is 16.8 Å². The Bertz CT molecular complexity index is 1380. The maximum absolute atomic E-state index is 12.8. The molecule has 0 atom stereocenters. The highest BCUT2D eigenvalue weighted by molar-refractivity contribution is 7.91. The summed E-state index contributed by atoms with van der Waals surface area (Å²) in [7, 11) is -3.41. The van der Waals surface area contributed by atoms with Gasteiger partial charge in [0.05, 0.1) is 10.6 Å². The molecule has 4 rings (SSSR count). The Balaban J connectivity index is 1.52. The van der Waals surface area contributed by atoms with Gasteiger partial charge in [-0.15, -0.1) is 10.2 Å². The minimum Gasteiger partial charge on any atom is -0.340 e. The monoisotopic (exact) mass is 478 g/mol. The molecule has 0 aliphatic heterocycles. The molecule has 0 bridgehead atoms. The first-order chi connectivity index (χ1) is 16.1. The van der Waals surface area contributed by atoms with E-state index in [4.69, 9.17) is 0 Å². The van der Waals surface area contributed by atoms with Crippen molar-refractivity contribution in [3.8, 4) is 11.4 Å². The SMILES string of the molecule is Cc1cnc(Nc2ccc(-c3nn[nH]n3)cc2)nc1Nc1cccc(S(=O)(=O)CC(C)(C)C)c1. The van der Waals surface area contributed by atoms with Crippen molar-refractivity contribution in [3.63, 3.8) is 0 Å². The number of tetrazole rings is 1. The fourth-order valence-electron chi connectivity index (χ4n) is 3.30. The van der Waals surface area contributed by atoms with Crippen molar-refractivity contribution < 1.29 is 8.42 Å². The average molecular weight is 479 g/mol. The van der Waals surface area contributed by atoms with E-state index in [1.807, 2.05) is 52.0 Å². The van der Waals surface area contributed by atoms with Gasteiger partial charge in [-0.05, 0) is 60.0 Å². The lowest BCUT2D eigenvalue weighted by atomic mass is 10.0. The molecule has 0 spiro atoms. The highest BCUT2D eigenvalue weighted by Gasteiger charge is 2.23. The van der Waals surface area contributed by atoms with Gasteiger partial charge in [-0.3, -0.25) is 0 Å². The zero-order valence-electron chi connectivity index (χ0n) is 19.4. The zero-order valence-corrected chi connectivity index (χ0v) is 20.2. The molecule has 0 aliphatic carbocycles. The summed E-state index contributed by atoms with van der Waals surface area (Å²) in [4.78, 5) is 9.19. The van der Waals surface area contributed by atoms with E-state index in [0.29, 0.717) is 23.3 Å². The van der Waals surface area contributed by atoms with E-state index in [-0.39, 0.29) is 16.1 Å². The van der Waals surface area contributed by atoms with E-state index >= 15 is 0 Å². The zero-order chi connectivity index (χ0) is 24.3. The van der Waals surface area contributed by atoms with Gasteiger partial charge in [-0.1, -0.05) is 26.8 Å². The van der Waals surface area contributed by atoms with Crippen molar-refractivity contribution in [1.82, 2.24) is 30.6 Å². The molecule has 0 saturated carbocycles. The number of nitrogens with one attached hydrogen (secondary N) is 3. The maximum Gasteiger partial charge on any atom is 0.229 e. The highest BCUT2D eigenvalue weighted by Crippen LogP contribution is 2.26. The second-order valence-electron chi connectivity index (χ2n) is 9.14. The molecular weight excluding hydrogens is 452 g/mol. The minimum atomic E-state index is -3.41. The van der Waals surface area contributed by atoms with E-state index in [9.17, 15) is 8.42 Å². The lowest BCUT2D eigenvalue weighted by Crippen LogP contribution is -2.20. The molecule has 2 heterocycles. The van der Waals surface area contributed by atoms with Crippen LogP contribution in [0.4, 0.5) is 23.1 Å². The van der Waals surface area contributed by atoms with Crippen LogP contribution >= 0.6 is 0 Å². The molecule has 11 heteroatoms. The van der Waals surface area contributed by atoms with Crippen molar-refractivity contribution in [2.75, 3.05) is 16.4 Å². The highest BCUT2D eigenvalue weighted by atomic mass is 32.2. The number of aromatic amines is 1. The normalized spacial score (nSPS) is 11.9. The van der Waals surface area contributed by atoms with Gasteiger partial charge in [0.2, 0.25) is 11.8 Å². The van der Waals surface area contributed by atoms with Crippen molar-refractivity contribution in [1.29, 1.82) is 0 Å². The Morgan fingerprint density at radius 3 is 2.44 bits per heavy atom. The largest absolute Gasteiger partial charge is 0.340 e. The first kappa shape index (κ1) is 23.3. The summed E-state index contributed by atoms with van der Waals surface area (Å²) in [5, 5.41) is 20.3. The summed E-state index contributed by atoms with van der Waals surface area (Å²) >= 11 is 0. The molecule has 2 aromatic heterocycles. The van der Waals surface area contributed by atoms with E-state index in [1.54, 1.807) is 30.5 Å². The second-order valence-corrected chi connectivity index (χ2v) is 11.1. The van der Waals surface area contributed by atoms with Crippen LogP contribution in [0.5, 0.6) is 0 Å². The van der Waals surface area contributed by atoms with Gasteiger partial charge in [-0.2, -0.15) is 10.2 Å². The molecule has 0 saturated heterocycles. The number of aryl methyl sites for hydroxylation is 1. The average Bonchev–Trinajstić information content (AvgIpc) is 3.30. The van der Waals surface area contributed by atoms with Crippen molar-refractivity contribution in [2.24, 2.45) is 5.41 Å². The summed E-state index contributed by atoms with van der Waals surface area (Å²) in [5.41, 5.74) is 2.73. The number of H-pyrrole nitrogens is 1. The molecule has 0 unspecified atom stereocenters. The van der Waals surface area contributed by atoms with Gasteiger partial charge in [0.25, 0.3) is 0 Å². The lowest BCUT2D eigenvalue weighted by molar-refractivity contribution is 0.462. The van der Waals surface area contributed by atoms with E-state index in [2.05, 4.69) is 41.2 Å². The Hall–Kier alpha value is -3.86. The summed E-state index contributed by atoms with van der Waals surface area (Å²) in [6.07, 6.45) is 1.70. The van der Waals surface area contributed by atoms with Gasteiger partial charge in [0.15, 0.2) is 9.84 Å². The van der Waals surface area contributed by atoms with Crippen LogP contribution in [-0.2, 0) is 9.84 Å². The first-order valence-corrected chi connectivity index (χ1v) is 12.3. The van der Waals surface area contributed by atoms with Gasteiger partial charge < -0.3 is 10.6 Å². The molecule has 176 valence electrons. The Morgan fingerprint density at radius 1 is 1.00 bits per heavy atom. The first-order valence-electron chi connectivity index (χ1n) is 10.6. The second kappa shape index (κ2) is 9.18. The number of rotatable bonds is 7. The van der Waals surface area contributed by atoms with Crippen LogP contribution in [0, 0.1) is 12.3 Å². The maximum atomic E-state index is 12.8. The Labute approximate surface area is 198 Å². The number of nitrogens with zero attached hydrogens (tertiary/aromatic N) is 5. The van der Waals surface area contributed by atoms with Crippen molar-refractivity contribution >= 4 is 33.0 Å². The molecule has 10 nitrogen and oxygen atoms in total. The van der Waals surface area contributed by atoms with Crippen LogP contribution in [0.2, 0.25) is 0 Å². The van der Waals surface area contributed by atoms with Gasteiger partial charge >= 0.3 is 0 Å². The number of hydrogen-bond donors (Lipinski definition) is 3. The van der Waals surface area contributed by atoms with E-state index in [1.165, 1.54) is 0 Å². The van der Waals surface area contributed by atoms with Crippen LogP contribution in [0.1, 0.15) is 26.3 Å². The Kier molecular flexibility index (Phi) is 6.29. The predicted molar refractivity (Wildman–Crippen MR) is 131 cm³/mol. The summed E-state index contributed by atoms with van der Waals surface area (Å²) in [6, 6.07) is 14.2.